The van der Waals surface area contributed by atoms with Gasteiger partial charge in [-0.15, -0.1) is 0 Å². The smallest absolute Gasteiger partial charge is 0.338 e. The van der Waals surface area contributed by atoms with Crippen LogP contribution in [0.3, 0.4) is 0 Å². The number of likely N-dealkylation sites (tertiary alicyclic amines) is 1. The first kappa shape index (κ1) is 19.9. The van der Waals surface area contributed by atoms with E-state index in [1.807, 2.05) is 12.1 Å². The van der Waals surface area contributed by atoms with Gasteiger partial charge in [-0.25, -0.2) is 9.69 Å². The van der Waals surface area contributed by atoms with E-state index in [2.05, 4.69) is 0 Å². The van der Waals surface area contributed by atoms with Crippen molar-refractivity contribution in [1.29, 1.82) is 0 Å². The summed E-state index contributed by atoms with van der Waals surface area (Å²) < 4.78 is 5.14. The molecule has 0 aliphatic carbocycles. The second kappa shape index (κ2) is 7.92. The molecule has 3 aromatic carbocycles. The summed E-state index contributed by atoms with van der Waals surface area (Å²) in [5, 5.41) is 1.49. The van der Waals surface area contributed by atoms with E-state index >= 15 is 0 Å². The second-order valence-electron chi connectivity index (χ2n) is 7.87. The van der Waals surface area contributed by atoms with Crippen LogP contribution in [0.2, 0.25) is 0 Å². The number of hydrogen-bond donors (Lipinski definition) is 0. The van der Waals surface area contributed by atoms with E-state index in [9.17, 15) is 19.2 Å². The molecule has 0 N–H and O–H groups in total. The second-order valence-corrected chi connectivity index (χ2v) is 7.87. The average Bonchev–Trinajstić information content (AvgIpc) is 3.36. The summed E-state index contributed by atoms with van der Waals surface area (Å²) in [6, 6.07) is 16.8. The highest BCUT2D eigenvalue weighted by Gasteiger charge is 2.33. The van der Waals surface area contributed by atoms with Crippen molar-refractivity contribution in [1.82, 2.24) is 4.90 Å². The van der Waals surface area contributed by atoms with Crippen LogP contribution in [0.25, 0.3) is 10.8 Å². The molecule has 0 spiro atoms. The molecule has 2 heterocycles. The molecule has 0 aromatic heterocycles. The van der Waals surface area contributed by atoms with Crippen LogP contribution in [0, 0.1) is 0 Å². The van der Waals surface area contributed by atoms with Gasteiger partial charge >= 0.3 is 5.97 Å². The van der Waals surface area contributed by atoms with Gasteiger partial charge in [-0.1, -0.05) is 24.3 Å². The first-order valence-corrected chi connectivity index (χ1v) is 10.5. The van der Waals surface area contributed by atoms with Gasteiger partial charge in [0.05, 0.1) is 11.3 Å². The van der Waals surface area contributed by atoms with Crippen LogP contribution in [0.1, 0.15) is 43.9 Å². The van der Waals surface area contributed by atoms with Crippen LogP contribution in [-0.2, 0) is 9.53 Å². The van der Waals surface area contributed by atoms with Crippen molar-refractivity contribution in [3.63, 3.8) is 0 Å². The Bertz CT molecular complexity index is 1210. The van der Waals surface area contributed by atoms with E-state index < -0.39 is 17.8 Å². The Hall–Kier alpha value is -4.00. The predicted octanol–water partition coefficient (Wildman–Crippen LogP) is 3.42. The lowest BCUT2D eigenvalue weighted by molar-refractivity contribution is -0.133. The molecule has 7 nitrogen and oxygen atoms in total. The molecular formula is C25H20N2O5. The lowest BCUT2D eigenvalue weighted by Crippen LogP contribution is -2.40. The quantitative estimate of drug-likeness (QED) is 0.470. The van der Waals surface area contributed by atoms with Gasteiger partial charge in [0.15, 0.2) is 6.61 Å². The Morgan fingerprint density at radius 1 is 0.812 bits per heavy atom. The molecule has 7 heteroatoms. The van der Waals surface area contributed by atoms with Gasteiger partial charge < -0.3 is 9.64 Å². The fourth-order valence-electron chi connectivity index (χ4n) is 4.28. The monoisotopic (exact) mass is 428 g/mol. The Balaban J connectivity index is 1.35. The van der Waals surface area contributed by atoms with E-state index in [1.54, 1.807) is 29.2 Å². The molecule has 0 saturated carbocycles. The number of nitrogens with zero attached hydrogens (tertiary/aromatic N) is 2. The third-order valence-corrected chi connectivity index (χ3v) is 5.92. The number of imide groups is 1. The normalized spacial score (nSPS) is 15.4. The van der Waals surface area contributed by atoms with Crippen molar-refractivity contribution in [2.75, 3.05) is 24.6 Å². The predicted molar refractivity (Wildman–Crippen MR) is 118 cm³/mol. The van der Waals surface area contributed by atoms with Gasteiger partial charge in [-0.05, 0) is 54.6 Å². The summed E-state index contributed by atoms with van der Waals surface area (Å²) >= 11 is 0. The fourth-order valence-corrected chi connectivity index (χ4v) is 4.28. The Kier molecular flexibility index (Phi) is 4.93. The molecule has 160 valence electrons. The molecule has 5 rings (SSSR count). The molecule has 1 saturated heterocycles. The van der Waals surface area contributed by atoms with Crippen LogP contribution in [-0.4, -0.2) is 48.3 Å². The number of carbonyl (C=O) groups excluding carboxylic acids is 4. The molecule has 32 heavy (non-hydrogen) atoms. The first-order chi connectivity index (χ1) is 15.5. The zero-order valence-corrected chi connectivity index (χ0v) is 17.2. The summed E-state index contributed by atoms with van der Waals surface area (Å²) in [6.45, 7) is 1.09. The highest BCUT2D eigenvalue weighted by molar-refractivity contribution is 6.35. The molecule has 3 aromatic rings. The highest BCUT2D eigenvalue weighted by Crippen LogP contribution is 2.32. The third kappa shape index (κ3) is 3.32. The van der Waals surface area contributed by atoms with Crippen LogP contribution in [0.5, 0.6) is 0 Å². The highest BCUT2D eigenvalue weighted by atomic mass is 16.5. The van der Waals surface area contributed by atoms with E-state index in [0.29, 0.717) is 35.3 Å². The number of amides is 3. The van der Waals surface area contributed by atoms with E-state index in [1.165, 1.54) is 24.3 Å². The zero-order chi connectivity index (χ0) is 22.2. The van der Waals surface area contributed by atoms with E-state index in [-0.39, 0.29) is 18.1 Å². The molecule has 1 fully saturated rings. The minimum Gasteiger partial charge on any atom is -0.452 e. The molecule has 0 atom stereocenters. The third-order valence-electron chi connectivity index (χ3n) is 5.92. The summed E-state index contributed by atoms with van der Waals surface area (Å²) in [5.41, 5.74) is 1.52. The van der Waals surface area contributed by atoms with Crippen molar-refractivity contribution >= 4 is 40.2 Å². The average molecular weight is 428 g/mol. The number of ether oxygens (including phenoxy) is 1. The number of hydrogen-bond acceptors (Lipinski definition) is 5. The first-order valence-electron chi connectivity index (χ1n) is 10.5. The lowest BCUT2D eigenvalue weighted by atomic mass is 9.94. The van der Waals surface area contributed by atoms with Crippen molar-refractivity contribution in [3.8, 4) is 0 Å². The number of benzene rings is 3. The molecule has 3 amide bonds. The lowest BCUT2D eigenvalue weighted by Gasteiger charge is -2.27. The Morgan fingerprint density at radius 2 is 1.41 bits per heavy atom. The van der Waals surface area contributed by atoms with Crippen LogP contribution >= 0.6 is 0 Å². The Labute approximate surface area is 184 Å². The summed E-state index contributed by atoms with van der Waals surface area (Å²) in [7, 11) is 0. The fraction of sp³-hybridized carbons (Fsp3) is 0.200. The number of esters is 1. The van der Waals surface area contributed by atoms with Crippen molar-refractivity contribution in [2.45, 2.75) is 12.8 Å². The topological polar surface area (TPSA) is 84.0 Å². The minimum atomic E-state index is -0.629. The number of anilines is 1. The maximum Gasteiger partial charge on any atom is 0.338 e. The van der Waals surface area contributed by atoms with Crippen LogP contribution in [0.15, 0.2) is 60.7 Å². The van der Waals surface area contributed by atoms with Crippen LogP contribution in [0.4, 0.5) is 5.69 Å². The van der Waals surface area contributed by atoms with Gasteiger partial charge in [-0.2, -0.15) is 0 Å². The number of carbonyl (C=O) groups is 4. The molecule has 2 aliphatic rings. The minimum absolute atomic E-state index is 0.204. The molecule has 0 unspecified atom stereocenters. The molecular weight excluding hydrogens is 408 g/mol. The van der Waals surface area contributed by atoms with Gasteiger partial charge in [0.25, 0.3) is 17.7 Å². The van der Waals surface area contributed by atoms with Crippen molar-refractivity contribution in [3.05, 3.63) is 77.4 Å². The van der Waals surface area contributed by atoms with Crippen molar-refractivity contribution < 1.29 is 23.9 Å². The number of rotatable bonds is 4. The SMILES string of the molecule is O=C(OCC(=O)N1CCCC1)c1ccc(N2C(=O)c3cccc4cccc(c34)C2=O)cc1. The van der Waals surface area contributed by atoms with Gasteiger partial charge in [-0.3, -0.25) is 14.4 Å². The Morgan fingerprint density at radius 3 is 2.00 bits per heavy atom. The summed E-state index contributed by atoms with van der Waals surface area (Å²) in [5.74, 6) is -1.66. The van der Waals surface area contributed by atoms with E-state index in [0.717, 1.165) is 23.1 Å². The van der Waals surface area contributed by atoms with Gasteiger partial charge in [0.1, 0.15) is 0 Å². The summed E-state index contributed by atoms with van der Waals surface area (Å²) in [6.07, 6.45) is 1.93. The van der Waals surface area contributed by atoms with E-state index in [4.69, 9.17) is 4.74 Å². The maximum atomic E-state index is 13.1. The van der Waals surface area contributed by atoms with Crippen LogP contribution < -0.4 is 4.90 Å². The molecule has 0 bridgehead atoms. The van der Waals surface area contributed by atoms with Crippen molar-refractivity contribution in [2.24, 2.45) is 0 Å². The van der Waals surface area contributed by atoms with Gasteiger partial charge in [0.2, 0.25) is 0 Å². The zero-order valence-electron chi connectivity index (χ0n) is 17.2. The molecule has 2 aliphatic heterocycles. The van der Waals surface area contributed by atoms with Gasteiger partial charge in [0, 0.05) is 29.6 Å². The standard InChI is InChI=1S/C25H20N2O5/c28-21(26-13-1-2-14-26)15-32-25(31)17-9-11-18(12-10-17)27-23(29)19-7-3-5-16-6-4-8-20(22(16)19)24(27)30/h3-12H,1-2,13-15H2. The largest absolute Gasteiger partial charge is 0.452 e. The summed E-state index contributed by atoms with van der Waals surface area (Å²) in [4.78, 5) is 53.4. The molecule has 0 radical (unpaired) electrons. The maximum absolute atomic E-state index is 13.1.